The maximum Gasteiger partial charge on any atom is 0.314 e. The molecule has 0 spiro atoms. The number of benzene rings is 1. The normalized spacial score (nSPS) is 12.9. The van der Waals surface area contributed by atoms with Crippen molar-refractivity contribution in [2.75, 3.05) is 18.5 Å². The fraction of sp³-hybridized carbons (Fsp3) is 0.421. The molecule has 0 fully saturated rings. The average molecular weight is 423 g/mol. The number of amides is 2. The predicted molar refractivity (Wildman–Crippen MR) is 111 cm³/mol. The van der Waals surface area contributed by atoms with Crippen LogP contribution in [0.1, 0.15) is 31.5 Å². The van der Waals surface area contributed by atoms with E-state index in [1.165, 1.54) is 0 Å². The minimum atomic E-state index is -0.709. The van der Waals surface area contributed by atoms with Gasteiger partial charge in [-0.1, -0.05) is 11.6 Å². The Morgan fingerprint density at radius 3 is 2.71 bits per heavy atom. The van der Waals surface area contributed by atoms with Crippen molar-refractivity contribution in [3.8, 4) is 5.69 Å². The number of carbonyl (C=O) groups is 2. The van der Waals surface area contributed by atoms with E-state index in [2.05, 4.69) is 15.7 Å². The van der Waals surface area contributed by atoms with Crippen molar-refractivity contribution in [3.63, 3.8) is 0 Å². The van der Waals surface area contributed by atoms with Crippen LogP contribution in [0.4, 0.5) is 5.82 Å². The standard InChI is InChI=1S/C19H23ClN4O3S/c1-12(2)27-9-3-8-21-18(25)19(26)22-17-15-10-28-11-16(15)23-24(17)14-6-4-13(20)5-7-14/h4-7,12H,3,8-11H2,1-2H3,(H,21,25)(H,22,26). The molecule has 0 radical (unpaired) electrons. The highest BCUT2D eigenvalue weighted by Gasteiger charge is 2.26. The Morgan fingerprint density at radius 1 is 1.25 bits per heavy atom. The first-order valence-electron chi connectivity index (χ1n) is 9.11. The van der Waals surface area contributed by atoms with E-state index < -0.39 is 11.8 Å². The van der Waals surface area contributed by atoms with Crippen molar-refractivity contribution in [1.82, 2.24) is 15.1 Å². The number of rotatable bonds is 7. The second-order valence-electron chi connectivity index (χ2n) is 6.64. The fourth-order valence-electron chi connectivity index (χ4n) is 2.75. The van der Waals surface area contributed by atoms with Crippen LogP contribution >= 0.6 is 23.4 Å². The van der Waals surface area contributed by atoms with Crippen molar-refractivity contribution >= 4 is 41.0 Å². The van der Waals surface area contributed by atoms with Gasteiger partial charge in [0.15, 0.2) is 0 Å². The molecule has 2 heterocycles. The number of anilines is 1. The third-order valence-electron chi connectivity index (χ3n) is 4.12. The van der Waals surface area contributed by atoms with Gasteiger partial charge in [0.05, 0.1) is 17.5 Å². The van der Waals surface area contributed by atoms with E-state index in [9.17, 15) is 9.59 Å². The van der Waals surface area contributed by atoms with Gasteiger partial charge in [0.1, 0.15) is 5.82 Å². The number of nitrogens with zero attached hydrogens (tertiary/aromatic N) is 2. The average Bonchev–Trinajstić information content (AvgIpc) is 3.24. The van der Waals surface area contributed by atoms with Gasteiger partial charge in [-0.15, -0.1) is 0 Å². The molecule has 0 bridgehead atoms. The quantitative estimate of drug-likeness (QED) is 0.529. The van der Waals surface area contributed by atoms with Crippen LogP contribution in [-0.2, 0) is 25.8 Å². The Labute approximate surface area is 173 Å². The van der Waals surface area contributed by atoms with Crippen LogP contribution in [0.15, 0.2) is 24.3 Å². The highest BCUT2D eigenvalue weighted by atomic mass is 35.5. The lowest BCUT2D eigenvalue weighted by Gasteiger charge is -2.11. The highest BCUT2D eigenvalue weighted by Crippen LogP contribution is 2.36. The molecule has 2 N–H and O–H groups in total. The number of fused-ring (bicyclic) bond motifs is 1. The first kappa shape index (κ1) is 20.7. The Hall–Kier alpha value is -2.03. The smallest absolute Gasteiger partial charge is 0.314 e. The van der Waals surface area contributed by atoms with Gasteiger partial charge in [-0.3, -0.25) is 9.59 Å². The topological polar surface area (TPSA) is 85.2 Å². The van der Waals surface area contributed by atoms with Crippen LogP contribution in [0.2, 0.25) is 5.02 Å². The molecular formula is C19H23ClN4O3S. The number of halogens is 1. The molecule has 2 aromatic rings. The zero-order valence-corrected chi connectivity index (χ0v) is 17.4. The molecule has 1 aromatic heterocycles. The second kappa shape index (κ2) is 9.45. The van der Waals surface area contributed by atoms with Gasteiger partial charge in [-0.2, -0.15) is 16.9 Å². The summed E-state index contributed by atoms with van der Waals surface area (Å²) in [6.07, 6.45) is 0.790. The minimum Gasteiger partial charge on any atom is -0.379 e. The molecule has 0 saturated carbocycles. The first-order chi connectivity index (χ1) is 13.5. The number of aromatic nitrogens is 2. The molecule has 3 rings (SSSR count). The summed E-state index contributed by atoms with van der Waals surface area (Å²) in [5, 5.41) is 10.6. The summed E-state index contributed by atoms with van der Waals surface area (Å²) in [4.78, 5) is 24.5. The van der Waals surface area contributed by atoms with Crippen LogP contribution < -0.4 is 10.6 Å². The van der Waals surface area contributed by atoms with E-state index in [1.54, 1.807) is 28.6 Å². The van der Waals surface area contributed by atoms with E-state index in [0.29, 0.717) is 30.4 Å². The molecule has 1 aromatic carbocycles. The van der Waals surface area contributed by atoms with Crippen LogP contribution in [0.3, 0.4) is 0 Å². The summed E-state index contributed by atoms with van der Waals surface area (Å²) >= 11 is 7.69. The lowest BCUT2D eigenvalue weighted by molar-refractivity contribution is -0.136. The number of ether oxygens (including phenoxy) is 1. The van der Waals surface area contributed by atoms with Gasteiger partial charge in [0.25, 0.3) is 0 Å². The van der Waals surface area contributed by atoms with Gasteiger partial charge in [0.2, 0.25) is 0 Å². The van der Waals surface area contributed by atoms with Crippen molar-refractivity contribution in [2.45, 2.75) is 37.9 Å². The van der Waals surface area contributed by atoms with E-state index >= 15 is 0 Å². The van der Waals surface area contributed by atoms with Crippen LogP contribution in [0.5, 0.6) is 0 Å². The summed E-state index contributed by atoms with van der Waals surface area (Å²) in [5.74, 6) is 0.672. The maximum absolute atomic E-state index is 12.4. The van der Waals surface area contributed by atoms with Gasteiger partial charge in [0, 0.05) is 35.2 Å². The number of hydrogen-bond acceptors (Lipinski definition) is 5. The zero-order valence-electron chi connectivity index (χ0n) is 15.8. The number of nitrogens with one attached hydrogen (secondary N) is 2. The Kier molecular flexibility index (Phi) is 6.98. The largest absolute Gasteiger partial charge is 0.379 e. The Morgan fingerprint density at radius 2 is 2.00 bits per heavy atom. The fourth-order valence-corrected chi connectivity index (χ4v) is 3.91. The van der Waals surface area contributed by atoms with E-state index in [-0.39, 0.29) is 6.10 Å². The van der Waals surface area contributed by atoms with E-state index in [4.69, 9.17) is 16.3 Å². The minimum absolute atomic E-state index is 0.145. The highest BCUT2D eigenvalue weighted by molar-refractivity contribution is 7.98. The third-order valence-corrected chi connectivity index (χ3v) is 5.34. The summed E-state index contributed by atoms with van der Waals surface area (Å²) in [6.45, 7) is 4.82. The van der Waals surface area contributed by atoms with Gasteiger partial charge < -0.3 is 15.4 Å². The van der Waals surface area contributed by atoms with Crippen molar-refractivity contribution in [2.24, 2.45) is 0 Å². The monoisotopic (exact) mass is 422 g/mol. The molecule has 28 heavy (non-hydrogen) atoms. The van der Waals surface area contributed by atoms with Gasteiger partial charge in [-0.05, 0) is 44.5 Å². The molecular weight excluding hydrogens is 400 g/mol. The summed E-state index contributed by atoms with van der Waals surface area (Å²) in [7, 11) is 0. The summed E-state index contributed by atoms with van der Waals surface area (Å²) in [6, 6.07) is 7.16. The Bertz CT molecular complexity index is 852. The molecule has 1 aliphatic rings. The second-order valence-corrected chi connectivity index (χ2v) is 8.06. The van der Waals surface area contributed by atoms with Gasteiger partial charge in [-0.25, -0.2) is 4.68 Å². The predicted octanol–water partition coefficient (Wildman–Crippen LogP) is 3.14. The number of carbonyl (C=O) groups excluding carboxylic acids is 2. The van der Waals surface area contributed by atoms with Crippen molar-refractivity contribution in [3.05, 3.63) is 40.5 Å². The Balaban J connectivity index is 1.67. The number of thioether (sulfide) groups is 1. The maximum atomic E-state index is 12.4. The molecule has 1 aliphatic heterocycles. The molecule has 0 unspecified atom stereocenters. The lowest BCUT2D eigenvalue weighted by Crippen LogP contribution is -2.36. The van der Waals surface area contributed by atoms with Crippen LogP contribution in [-0.4, -0.2) is 40.9 Å². The molecule has 0 saturated heterocycles. The van der Waals surface area contributed by atoms with Crippen LogP contribution in [0, 0.1) is 0 Å². The van der Waals surface area contributed by atoms with E-state index in [0.717, 1.165) is 28.5 Å². The molecule has 0 atom stereocenters. The SMILES string of the molecule is CC(C)OCCCNC(=O)C(=O)Nc1c2c(nn1-c1ccc(Cl)cc1)CSC2. The van der Waals surface area contributed by atoms with Crippen molar-refractivity contribution < 1.29 is 14.3 Å². The zero-order chi connectivity index (χ0) is 20.1. The van der Waals surface area contributed by atoms with Crippen LogP contribution in [0.25, 0.3) is 5.69 Å². The molecule has 0 aliphatic carbocycles. The van der Waals surface area contributed by atoms with E-state index in [1.807, 2.05) is 26.0 Å². The van der Waals surface area contributed by atoms with Gasteiger partial charge >= 0.3 is 11.8 Å². The summed E-state index contributed by atoms with van der Waals surface area (Å²) in [5.41, 5.74) is 2.64. The molecule has 9 heteroatoms. The number of hydrogen-bond donors (Lipinski definition) is 2. The lowest BCUT2D eigenvalue weighted by atomic mass is 10.2. The molecule has 7 nitrogen and oxygen atoms in total. The molecule has 150 valence electrons. The first-order valence-corrected chi connectivity index (χ1v) is 10.6. The van der Waals surface area contributed by atoms with Crippen molar-refractivity contribution in [1.29, 1.82) is 0 Å². The summed E-state index contributed by atoms with van der Waals surface area (Å²) < 4.78 is 7.07. The third kappa shape index (κ3) is 5.06. The molecule has 2 amide bonds.